The number of hydrogen-bond acceptors (Lipinski definition) is 7. The molecule has 2 heterocycles. The lowest BCUT2D eigenvalue weighted by Gasteiger charge is -2.14. The van der Waals surface area contributed by atoms with E-state index in [1.54, 1.807) is 7.11 Å². The van der Waals surface area contributed by atoms with Crippen molar-refractivity contribution in [3.8, 4) is 0 Å². The smallest absolute Gasteiger partial charge is 0.154 e. The molecule has 1 aliphatic heterocycles. The molecule has 1 aromatic heterocycles. The molecule has 0 amide bonds. The molecule has 0 spiro atoms. The maximum atomic E-state index is 6.06. The van der Waals surface area contributed by atoms with Crippen molar-refractivity contribution in [1.82, 2.24) is 9.97 Å². The minimum Gasteiger partial charge on any atom is -0.393 e. The summed E-state index contributed by atoms with van der Waals surface area (Å²) in [5.41, 5.74) is 6.61. The van der Waals surface area contributed by atoms with E-state index in [9.17, 15) is 0 Å². The molecule has 20 heavy (non-hydrogen) atoms. The van der Waals surface area contributed by atoms with Gasteiger partial charge in [-0.15, -0.1) is 0 Å². The summed E-state index contributed by atoms with van der Waals surface area (Å²) >= 11 is 0. The summed E-state index contributed by atoms with van der Waals surface area (Å²) in [6.07, 6.45) is 4.87. The number of methoxy groups -OCH3 is 1. The number of anilines is 3. The molecule has 1 aromatic rings. The van der Waals surface area contributed by atoms with E-state index in [0.29, 0.717) is 23.9 Å². The van der Waals surface area contributed by atoms with Crippen LogP contribution in [0.25, 0.3) is 0 Å². The van der Waals surface area contributed by atoms with Crippen LogP contribution in [0.15, 0.2) is 6.33 Å². The van der Waals surface area contributed by atoms with Crippen molar-refractivity contribution in [2.45, 2.75) is 25.4 Å². The second kappa shape index (κ2) is 7.86. The van der Waals surface area contributed by atoms with Crippen LogP contribution in [0, 0.1) is 0 Å². The zero-order valence-corrected chi connectivity index (χ0v) is 11.9. The van der Waals surface area contributed by atoms with Crippen molar-refractivity contribution in [2.24, 2.45) is 0 Å². The van der Waals surface area contributed by atoms with Crippen molar-refractivity contribution in [3.05, 3.63) is 6.33 Å². The van der Waals surface area contributed by atoms with E-state index in [-0.39, 0.29) is 6.10 Å². The lowest BCUT2D eigenvalue weighted by molar-refractivity contribution is 0.120. The molecule has 0 bridgehead atoms. The van der Waals surface area contributed by atoms with Gasteiger partial charge in [-0.05, 0) is 19.3 Å². The fourth-order valence-electron chi connectivity index (χ4n) is 2.12. The van der Waals surface area contributed by atoms with Gasteiger partial charge in [-0.2, -0.15) is 0 Å². The highest BCUT2D eigenvalue weighted by Gasteiger charge is 2.16. The van der Waals surface area contributed by atoms with Gasteiger partial charge in [0.05, 0.1) is 6.10 Å². The maximum Gasteiger partial charge on any atom is 0.154 e. The molecule has 0 aliphatic carbocycles. The summed E-state index contributed by atoms with van der Waals surface area (Å²) in [4.78, 5) is 8.33. The van der Waals surface area contributed by atoms with Gasteiger partial charge < -0.3 is 25.8 Å². The number of hydrogen-bond donors (Lipinski definition) is 3. The van der Waals surface area contributed by atoms with Crippen LogP contribution < -0.4 is 16.4 Å². The van der Waals surface area contributed by atoms with E-state index < -0.39 is 0 Å². The van der Waals surface area contributed by atoms with Crippen molar-refractivity contribution < 1.29 is 9.47 Å². The monoisotopic (exact) mass is 281 g/mol. The average molecular weight is 281 g/mol. The Bertz CT molecular complexity index is 410. The molecule has 2 rings (SSSR count). The Balaban J connectivity index is 1.85. The van der Waals surface area contributed by atoms with E-state index in [1.165, 1.54) is 6.33 Å². The summed E-state index contributed by atoms with van der Waals surface area (Å²) in [6, 6.07) is 0. The van der Waals surface area contributed by atoms with Crippen molar-refractivity contribution in [2.75, 3.05) is 49.8 Å². The Morgan fingerprint density at radius 1 is 1.40 bits per heavy atom. The molecule has 112 valence electrons. The molecular weight excluding hydrogens is 258 g/mol. The zero-order chi connectivity index (χ0) is 14.2. The van der Waals surface area contributed by atoms with Crippen molar-refractivity contribution in [3.63, 3.8) is 0 Å². The van der Waals surface area contributed by atoms with Crippen LogP contribution in [0.4, 0.5) is 17.3 Å². The van der Waals surface area contributed by atoms with Gasteiger partial charge in [0.2, 0.25) is 0 Å². The topological polar surface area (TPSA) is 94.3 Å². The quantitative estimate of drug-likeness (QED) is 0.614. The van der Waals surface area contributed by atoms with Gasteiger partial charge in [-0.25, -0.2) is 9.97 Å². The molecule has 0 aromatic carbocycles. The van der Waals surface area contributed by atoms with Crippen LogP contribution in [-0.2, 0) is 9.47 Å². The van der Waals surface area contributed by atoms with E-state index in [2.05, 4.69) is 20.6 Å². The number of nitrogens with two attached hydrogens (primary N) is 1. The zero-order valence-electron chi connectivity index (χ0n) is 11.9. The van der Waals surface area contributed by atoms with E-state index >= 15 is 0 Å². The second-order valence-corrected chi connectivity index (χ2v) is 4.77. The largest absolute Gasteiger partial charge is 0.393 e. The number of ether oxygens (including phenoxy) is 2. The molecule has 7 heteroatoms. The highest BCUT2D eigenvalue weighted by molar-refractivity contribution is 5.73. The van der Waals surface area contributed by atoms with Crippen LogP contribution in [0.1, 0.15) is 19.3 Å². The molecule has 1 fully saturated rings. The SMILES string of the molecule is COCCCNc1ncnc(NCC2CCCO2)c1N. The molecule has 1 atom stereocenters. The number of nitrogens with one attached hydrogen (secondary N) is 2. The molecular formula is C13H23N5O2. The standard InChI is InChI=1S/C13H23N5O2/c1-19-6-3-5-15-12-11(14)13(18-9-17-12)16-8-10-4-2-7-20-10/h9-10H,2-8,14H2,1H3,(H2,15,16,17,18). The average Bonchev–Trinajstić information content (AvgIpc) is 2.97. The first-order valence-electron chi connectivity index (χ1n) is 7.00. The minimum atomic E-state index is 0.252. The Morgan fingerprint density at radius 3 is 2.90 bits per heavy atom. The third-order valence-corrected chi connectivity index (χ3v) is 3.22. The fraction of sp³-hybridized carbons (Fsp3) is 0.692. The van der Waals surface area contributed by atoms with Crippen LogP contribution in [-0.4, -0.2) is 49.5 Å². The van der Waals surface area contributed by atoms with Crippen LogP contribution in [0.2, 0.25) is 0 Å². The predicted molar refractivity (Wildman–Crippen MR) is 78.9 cm³/mol. The first-order chi connectivity index (χ1) is 9.81. The molecule has 1 saturated heterocycles. The normalized spacial score (nSPS) is 18.1. The van der Waals surface area contributed by atoms with Gasteiger partial charge in [0, 0.05) is 33.4 Å². The van der Waals surface area contributed by atoms with Gasteiger partial charge in [0.1, 0.15) is 12.0 Å². The number of nitrogens with zero attached hydrogens (tertiary/aromatic N) is 2. The van der Waals surface area contributed by atoms with E-state index in [4.69, 9.17) is 15.2 Å². The van der Waals surface area contributed by atoms with Crippen LogP contribution in [0.5, 0.6) is 0 Å². The lowest BCUT2D eigenvalue weighted by Crippen LogP contribution is -2.20. The van der Waals surface area contributed by atoms with Crippen LogP contribution >= 0.6 is 0 Å². The van der Waals surface area contributed by atoms with Gasteiger partial charge >= 0.3 is 0 Å². The lowest BCUT2D eigenvalue weighted by atomic mass is 10.2. The summed E-state index contributed by atoms with van der Waals surface area (Å²) in [6.45, 7) is 3.05. The van der Waals surface area contributed by atoms with Crippen LogP contribution in [0.3, 0.4) is 0 Å². The second-order valence-electron chi connectivity index (χ2n) is 4.77. The molecule has 7 nitrogen and oxygen atoms in total. The van der Waals surface area contributed by atoms with Gasteiger partial charge in [0.15, 0.2) is 11.6 Å². The Hall–Kier alpha value is -1.60. The van der Waals surface area contributed by atoms with Gasteiger partial charge in [0.25, 0.3) is 0 Å². The first-order valence-corrected chi connectivity index (χ1v) is 7.00. The third-order valence-electron chi connectivity index (χ3n) is 3.22. The Morgan fingerprint density at radius 2 is 2.20 bits per heavy atom. The van der Waals surface area contributed by atoms with E-state index in [1.807, 2.05) is 0 Å². The highest BCUT2D eigenvalue weighted by atomic mass is 16.5. The fourth-order valence-corrected chi connectivity index (χ4v) is 2.12. The van der Waals surface area contributed by atoms with Gasteiger partial charge in [-0.1, -0.05) is 0 Å². The van der Waals surface area contributed by atoms with Crippen molar-refractivity contribution >= 4 is 17.3 Å². The predicted octanol–water partition coefficient (Wildman–Crippen LogP) is 1.10. The highest BCUT2D eigenvalue weighted by Crippen LogP contribution is 2.23. The molecule has 1 aliphatic rings. The number of rotatable bonds is 8. The number of aromatic nitrogens is 2. The molecule has 0 radical (unpaired) electrons. The van der Waals surface area contributed by atoms with E-state index in [0.717, 1.165) is 39.0 Å². The van der Waals surface area contributed by atoms with Crippen molar-refractivity contribution in [1.29, 1.82) is 0 Å². The minimum absolute atomic E-state index is 0.252. The summed E-state index contributed by atoms with van der Waals surface area (Å²) in [5.74, 6) is 1.32. The molecule has 0 saturated carbocycles. The Kier molecular flexibility index (Phi) is 5.82. The maximum absolute atomic E-state index is 6.06. The Labute approximate surface area is 119 Å². The molecule has 1 unspecified atom stereocenters. The third kappa shape index (κ3) is 4.21. The summed E-state index contributed by atoms with van der Waals surface area (Å²) < 4.78 is 10.6. The number of nitrogen functional groups attached to an aromatic ring is 1. The summed E-state index contributed by atoms with van der Waals surface area (Å²) in [5, 5.41) is 6.42. The van der Waals surface area contributed by atoms with Gasteiger partial charge in [-0.3, -0.25) is 0 Å². The first kappa shape index (κ1) is 14.8. The molecule has 4 N–H and O–H groups in total. The summed E-state index contributed by atoms with van der Waals surface area (Å²) in [7, 11) is 1.69.